The minimum absolute atomic E-state index is 0. The molecule has 3 nitrogen and oxygen atoms in total. The van der Waals surface area contributed by atoms with Crippen LogP contribution in [0.3, 0.4) is 0 Å². The van der Waals surface area contributed by atoms with E-state index in [1.54, 1.807) is 12.1 Å². The Balaban J connectivity index is 0.00000441. The Morgan fingerprint density at radius 3 is 2.05 bits per heavy atom. The SMILES string of the molecule is CCCCCCCCCCCc1cc([O-])cc(C(=O)O)c1.[K+]. The summed E-state index contributed by atoms with van der Waals surface area (Å²) in [4.78, 5) is 10.9. The third-order valence-electron chi connectivity index (χ3n) is 3.78. The molecule has 0 aliphatic carbocycles. The Morgan fingerprint density at radius 2 is 1.50 bits per heavy atom. The molecular weight excluding hydrogens is 303 g/mol. The van der Waals surface area contributed by atoms with Gasteiger partial charge in [0.2, 0.25) is 0 Å². The van der Waals surface area contributed by atoms with Crippen molar-refractivity contribution in [3.63, 3.8) is 0 Å². The molecule has 0 saturated heterocycles. The van der Waals surface area contributed by atoms with Gasteiger partial charge in [-0.1, -0.05) is 70.4 Å². The van der Waals surface area contributed by atoms with Gasteiger partial charge in [0, 0.05) is 0 Å². The molecule has 0 atom stereocenters. The number of benzene rings is 1. The average molecular weight is 331 g/mol. The molecule has 0 bridgehead atoms. The van der Waals surface area contributed by atoms with Crippen LogP contribution in [0.1, 0.15) is 80.6 Å². The van der Waals surface area contributed by atoms with Crippen molar-refractivity contribution in [3.05, 3.63) is 29.3 Å². The van der Waals surface area contributed by atoms with Crippen LogP contribution in [0.25, 0.3) is 0 Å². The van der Waals surface area contributed by atoms with Crippen LogP contribution in [0.15, 0.2) is 18.2 Å². The number of rotatable bonds is 11. The molecule has 22 heavy (non-hydrogen) atoms. The molecule has 0 saturated carbocycles. The normalized spacial score (nSPS) is 10.2. The molecule has 1 N–H and O–H groups in total. The minimum Gasteiger partial charge on any atom is -0.872 e. The van der Waals surface area contributed by atoms with Crippen LogP contribution < -0.4 is 56.5 Å². The van der Waals surface area contributed by atoms with Crippen LogP contribution in [0.4, 0.5) is 0 Å². The van der Waals surface area contributed by atoms with Crippen molar-refractivity contribution < 1.29 is 66.4 Å². The average Bonchev–Trinajstić information content (AvgIpc) is 2.45. The van der Waals surface area contributed by atoms with Gasteiger partial charge in [0.25, 0.3) is 0 Å². The first kappa shape index (κ1) is 22.1. The fourth-order valence-corrected chi connectivity index (χ4v) is 2.57. The number of carbonyl (C=O) groups is 1. The van der Waals surface area contributed by atoms with E-state index in [0.29, 0.717) is 0 Å². The summed E-state index contributed by atoms with van der Waals surface area (Å²) >= 11 is 0. The second kappa shape index (κ2) is 13.6. The van der Waals surface area contributed by atoms with Crippen molar-refractivity contribution in [2.24, 2.45) is 0 Å². The van der Waals surface area contributed by atoms with E-state index in [9.17, 15) is 9.90 Å². The fourth-order valence-electron chi connectivity index (χ4n) is 2.57. The van der Waals surface area contributed by atoms with Crippen LogP contribution >= 0.6 is 0 Å². The van der Waals surface area contributed by atoms with E-state index in [-0.39, 0.29) is 62.7 Å². The van der Waals surface area contributed by atoms with Gasteiger partial charge in [-0.05, 0) is 24.5 Å². The summed E-state index contributed by atoms with van der Waals surface area (Å²) in [6.45, 7) is 2.23. The van der Waals surface area contributed by atoms with Crippen LogP contribution in [0.5, 0.6) is 5.75 Å². The Labute approximate surface area is 176 Å². The maximum atomic E-state index is 11.4. The van der Waals surface area contributed by atoms with Gasteiger partial charge < -0.3 is 10.2 Å². The summed E-state index contributed by atoms with van der Waals surface area (Å²) in [7, 11) is 0. The van der Waals surface area contributed by atoms with Crippen LogP contribution in [0, 0.1) is 0 Å². The summed E-state index contributed by atoms with van der Waals surface area (Å²) in [6, 6.07) is 4.35. The molecule has 0 radical (unpaired) electrons. The van der Waals surface area contributed by atoms with E-state index in [4.69, 9.17) is 5.11 Å². The van der Waals surface area contributed by atoms with E-state index in [2.05, 4.69) is 6.92 Å². The molecule has 0 unspecified atom stereocenters. The molecule has 118 valence electrons. The molecule has 0 amide bonds. The standard InChI is InChI=1S/C18H28O3.K/c1-2-3-4-5-6-7-8-9-10-11-15-12-16(18(20)21)14-17(19)13-15;/h12-14,19H,2-11H2,1H3,(H,20,21);/q;+1/p-1. The number of carboxylic acids is 1. The topological polar surface area (TPSA) is 60.4 Å². The predicted molar refractivity (Wildman–Crippen MR) is 83.8 cm³/mol. The van der Waals surface area contributed by atoms with Crippen molar-refractivity contribution >= 4 is 5.97 Å². The summed E-state index contributed by atoms with van der Waals surface area (Å²) < 4.78 is 0. The van der Waals surface area contributed by atoms with Gasteiger partial charge in [0.05, 0.1) is 5.56 Å². The predicted octanol–water partition coefficient (Wildman–Crippen LogP) is 1.54. The maximum absolute atomic E-state index is 11.4. The van der Waals surface area contributed by atoms with E-state index >= 15 is 0 Å². The zero-order valence-electron chi connectivity index (χ0n) is 14.1. The molecule has 1 rings (SSSR count). The van der Waals surface area contributed by atoms with Crippen molar-refractivity contribution in [2.45, 2.75) is 71.1 Å². The molecule has 0 heterocycles. The van der Waals surface area contributed by atoms with Gasteiger partial charge in [-0.3, -0.25) is 0 Å². The largest absolute Gasteiger partial charge is 1.00 e. The summed E-state index contributed by atoms with van der Waals surface area (Å²) in [6.07, 6.45) is 12.1. The molecular formula is C18H27KO3. The number of aromatic carboxylic acids is 1. The monoisotopic (exact) mass is 330 g/mol. The Hall–Kier alpha value is 0.126. The maximum Gasteiger partial charge on any atom is 1.00 e. The fraction of sp³-hybridized carbons (Fsp3) is 0.611. The molecule has 1 aromatic carbocycles. The second-order valence-electron chi connectivity index (χ2n) is 5.75. The quantitative estimate of drug-likeness (QED) is 0.494. The smallest absolute Gasteiger partial charge is 0.872 e. The minimum atomic E-state index is -1.03. The first-order valence-electron chi connectivity index (χ1n) is 8.17. The van der Waals surface area contributed by atoms with E-state index < -0.39 is 5.97 Å². The number of unbranched alkanes of at least 4 members (excludes halogenated alkanes) is 8. The van der Waals surface area contributed by atoms with Crippen LogP contribution in [-0.2, 0) is 6.42 Å². The van der Waals surface area contributed by atoms with Crippen molar-refractivity contribution in [3.8, 4) is 5.75 Å². The van der Waals surface area contributed by atoms with Gasteiger partial charge >= 0.3 is 57.4 Å². The third kappa shape index (κ3) is 10.0. The van der Waals surface area contributed by atoms with Crippen molar-refractivity contribution in [1.82, 2.24) is 0 Å². The number of aryl methyl sites for hydroxylation is 1. The van der Waals surface area contributed by atoms with Gasteiger partial charge in [0.15, 0.2) is 0 Å². The van der Waals surface area contributed by atoms with E-state index in [0.717, 1.165) is 24.8 Å². The second-order valence-corrected chi connectivity index (χ2v) is 5.75. The van der Waals surface area contributed by atoms with Gasteiger partial charge in [-0.15, -0.1) is 5.75 Å². The van der Waals surface area contributed by atoms with E-state index in [1.807, 2.05) is 0 Å². The Kier molecular flexibility index (Phi) is 13.6. The molecule has 0 aliphatic heterocycles. The third-order valence-corrected chi connectivity index (χ3v) is 3.78. The van der Waals surface area contributed by atoms with Gasteiger partial charge in [-0.2, -0.15) is 0 Å². The zero-order chi connectivity index (χ0) is 15.5. The number of hydrogen-bond acceptors (Lipinski definition) is 2. The first-order chi connectivity index (χ1) is 10.1. The molecule has 4 heteroatoms. The zero-order valence-corrected chi connectivity index (χ0v) is 17.2. The number of hydrogen-bond donors (Lipinski definition) is 1. The summed E-state index contributed by atoms with van der Waals surface area (Å²) in [5, 5.41) is 20.3. The first-order valence-corrected chi connectivity index (χ1v) is 8.17. The van der Waals surface area contributed by atoms with Crippen LogP contribution in [-0.4, -0.2) is 11.1 Å². The summed E-state index contributed by atoms with van der Waals surface area (Å²) in [5.41, 5.74) is 0.955. The summed E-state index contributed by atoms with van der Waals surface area (Å²) in [5.74, 6) is -1.23. The van der Waals surface area contributed by atoms with Crippen molar-refractivity contribution in [2.75, 3.05) is 0 Å². The van der Waals surface area contributed by atoms with Gasteiger partial charge in [-0.25, -0.2) is 4.79 Å². The van der Waals surface area contributed by atoms with Crippen LogP contribution in [0.2, 0.25) is 0 Å². The molecule has 0 fully saturated rings. The number of carboxylic acid groups (broad SMARTS) is 1. The molecule has 0 aromatic heterocycles. The van der Waals surface area contributed by atoms with E-state index in [1.165, 1.54) is 51.0 Å². The Bertz CT molecular complexity index is 432. The molecule has 1 aromatic rings. The van der Waals surface area contributed by atoms with Crippen molar-refractivity contribution in [1.29, 1.82) is 0 Å². The molecule has 0 aliphatic rings. The molecule has 0 spiro atoms. The Morgan fingerprint density at radius 1 is 0.955 bits per heavy atom. The van der Waals surface area contributed by atoms with Gasteiger partial charge in [0.1, 0.15) is 0 Å².